The highest BCUT2D eigenvalue weighted by Crippen LogP contribution is 2.32. The van der Waals surface area contributed by atoms with Gasteiger partial charge in [0.2, 0.25) is 0 Å². The molecule has 0 unspecified atom stereocenters. The van der Waals surface area contributed by atoms with Crippen LogP contribution >= 0.6 is 0 Å². The maximum Gasteiger partial charge on any atom is 0.416 e. The van der Waals surface area contributed by atoms with Crippen LogP contribution in [0.3, 0.4) is 0 Å². The summed E-state index contributed by atoms with van der Waals surface area (Å²) < 4.78 is 38.8. The van der Waals surface area contributed by atoms with E-state index in [0.717, 1.165) is 11.8 Å². The smallest absolute Gasteiger partial charge is 0.366 e. The molecule has 1 heterocycles. The molecule has 0 fully saturated rings. The standard InChI is InChI=1S/C15H17F3N4/c1-10-21-12(6-7-19)8-14(22-10)20-9-11-4-2-3-5-13(11)15(16,17)18/h2-5,8H,6-7,9,19H2,1H3,(H,20,21,22). The quantitative estimate of drug-likeness (QED) is 0.891. The first kappa shape index (κ1) is 16.2. The Morgan fingerprint density at radius 1 is 1.18 bits per heavy atom. The number of nitrogens with two attached hydrogens (primary N) is 1. The average molecular weight is 310 g/mol. The summed E-state index contributed by atoms with van der Waals surface area (Å²) in [5.41, 5.74) is 5.78. The van der Waals surface area contributed by atoms with Gasteiger partial charge in [-0.15, -0.1) is 0 Å². The molecule has 0 saturated carbocycles. The summed E-state index contributed by atoms with van der Waals surface area (Å²) in [6.07, 6.45) is -3.78. The first-order chi connectivity index (χ1) is 10.4. The second kappa shape index (κ2) is 6.74. The van der Waals surface area contributed by atoms with Gasteiger partial charge in [0.25, 0.3) is 0 Å². The molecule has 1 aromatic carbocycles. The number of hydrogen-bond acceptors (Lipinski definition) is 4. The largest absolute Gasteiger partial charge is 0.416 e. The van der Waals surface area contributed by atoms with Gasteiger partial charge >= 0.3 is 6.18 Å². The average Bonchev–Trinajstić information content (AvgIpc) is 2.44. The maximum absolute atomic E-state index is 12.9. The maximum atomic E-state index is 12.9. The molecule has 0 aliphatic heterocycles. The van der Waals surface area contributed by atoms with E-state index in [9.17, 15) is 13.2 Å². The summed E-state index contributed by atoms with van der Waals surface area (Å²) in [7, 11) is 0. The summed E-state index contributed by atoms with van der Waals surface area (Å²) in [6, 6.07) is 7.18. The first-order valence-electron chi connectivity index (χ1n) is 6.83. The molecule has 3 N–H and O–H groups in total. The normalized spacial score (nSPS) is 11.5. The molecule has 0 aliphatic rings. The molecule has 2 rings (SSSR count). The third-order valence-electron chi connectivity index (χ3n) is 3.07. The number of nitrogens with one attached hydrogen (secondary N) is 1. The third-order valence-corrected chi connectivity index (χ3v) is 3.07. The van der Waals surface area contributed by atoms with Crippen LogP contribution in [0.4, 0.5) is 19.0 Å². The van der Waals surface area contributed by atoms with Crippen LogP contribution in [0.2, 0.25) is 0 Å². The number of halogens is 3. The van der Waals surface area contributed by atoms with Gasteiger partial charge in [-0.05, 0) is 25.1 Å². The number of alkyl halides is 3. The van der Waals surface area contributed by atoms with Gasteiger partial charge in [0.1, 0.15) is 11.6 Å². The zero-order valence-corrected chi connectivity index (χ0v) is 12.1. The Kier molecular flexibility index (Phi) is 4.97. The molecular weight excluding hydrogens is 293 g/mol. The van der Waals surface area contributed by atoms with Crippen LogP contribution in [-0.4, -0.2) is 16.5 Å². The first-order valence-corrected chi connectivity index (χ1v) is 6.83. The topological polar surface area (TPSA) is 63.8 Å². The number of benzene rings is 1. The molecular formula is C15H17F3N4. The van der Waals surface area contributed by atoms with Crippen molar-refractivity contribution in [3.8, 4) is 0 Å². The molecule has 0 atom stereocenters. The van der Waals surface area contributed by atoms with E-state index in [1.165, 1.54) is 12.1 Å². The van der Waals surface area contributed by atoms with E-state index >= 15 is 0 Å². The summed E-state index contributed by atoms with van der Waals surface area (Å²) in [4.78, 5) is 8.40. The minimum absolute atomic E-state index is 0.0359. The minimum Gasteiger partial charge on any atom is -0.366 e. The van der Waals surface area contributed by atoms with Gasteiger partial charge in [-0.3, -0.25) is 0 Å². The van der Waals surface area contributed by atoms with Crippen molar-refractivity contribution in [3.63, 3.8) is 0 Å². The lowest BCUT2D eigenvalue weighted by atomic mass is 10.1. The Labute approximate surface area is 126 Å². The van der Waals surface area contributed by atoms with E-state index in [4.69, 9.17) is 5.73 Å². The highest BCUT2D eigenvalue weighted by Gasteiger charge is 2.32. The Morgan fingerprint density at radius 2 is 1.91 bits per heavy atom. The van der Waals surface area contributed by atoms with Crippen LogP contribution in [0.25, 0.3) is 0 Å². The highest BCUT2D eigenvalue weighted by molar-refractivity contribution is 5.39. The molecule has 118 valence electrons. The highest BCUT2D eigenvalue weighted by atomic mass is 19.4. The van der Waals surface area contributed by atoms with E-state index in [1.807, 2.05) is 0 Å². The van der Waals surface area contributed by atoms with Crippen molar-refractivity contribution >= 4 is 5.82 Å². The van der Waals surface area contributed by atoms with Crippen LogP contribution in [0.1, 0.15) is 22.6 Å². The lowest BCUT2D eigenvalue weighted by Gasteiger charge is -2.14. The van der Waals surface area contributed by atoms with Gasteiger partial charge < -0.3 is 11.1 Å². The van der Waals surface area contributed by atoms with Crippen molar-refractivity contribution in [2.24, 2.45) is 5.73 Å². The lowest BCUT2D eigenvalue weighted by Crippen LogP contribution is -2.13. The van der Waals surface area contributed by atoms with Crippen LogP contribution in [0.15, 0.2) is 30.3 Å². The molecule has 4 nitrogen and oxygen atoms in total. The molecule has 1 aromatic heterocycles. The molecule has 0 saturated heterocycles. The number of rotatable bonds is 5. The lowest BCUT2D eigenvalue weighted by molar-refractivity contribution is -0.138. The summed E-state index contributed by atoms with van der Waals surface area (Å²) >= 11 is 0. The molecule has 22 heavy (non-hydrogen) atoms. The van der Waals surface area contributed by atoms with Crippen LogP contribution in [0.5, 0.6) is 0 Å². The van der Waals surface area contributed by atoms with Gasteiger partial charge in [-0.2, -0.15) is 13.2 Å². The minimum atomic E-state index is -4.37. The molecule has 0 spiro atoms. The fraction of sp³-hybridized carbons (Fsp3) is 0.333. The van der Waals surface area contributed by atoms with Gasteiger partial charge in [-0.1, -0.05) is 18.2 Å². The Morgan fingerprint density at radius 3 is 2.59 bits per heavy atom. The van der Waals surface area contributed by atoms with Crippen LogP contribution < -0.4 is 11.1 Å². The fourth-order valence-corrected chi connectivity index (χ4v) is 2.13. The van der Waals surface area contributed by atoms with E-state index in [2.05, 4.69) is 15.3 Å². The van der Waals surface area contributed by atoms with Crippen molar-refractivity contribution in [2.45, 2.75) is 26.1 Å². The van der Waals surface area contributed by atoms with Crippen LogP contribution in [-0.2, 0) is 19.1 Å². The van der Waals surface area contributed by atoms with Gasteiger partial charge in [0.15, 0.2) is 0 Å². The van der Waals surface area contributed by atoms with Crippen molar-refractivity contribution in [3.05, 3.63) is 53.0 Å². The number of nitrogens with zero attached hydrogens (tertiary/aromatic N) is 2. The number of anilines is 1. The van der Waals surface area contributed by atoms with Crippen molar-refractivity contribution in [1.82, 2.24) is 9.97 Å². The Bertz CT molecular complexity index is 641. The van der Waals surface area contributed by atoms with E-state index in [1.54, 1.807) is 19.1 Å². The van der Waals surface area contributed by atoms with E-state index < -0.39 is 11.7 Å². The molecule has 0 amide bonds. The SMILES string of the molecule is Cc1nc(CCN)cc(NCc2ccccc2C(F)(F)F)n1. The zero-order chi connectivity index (χ0) is 16.2. The van der Waals surface area contributed by atoms with E-state index in [0.29, 0.717) is 24.6 Å². The Balaban J connectivity index is 2.17. The fourth-order valence-electron chi connectivity index (χ4n) is 2.13. The number of aryl methyl sites for hydroxylation is 1. The summed E-state index contributed by atoms with van der Waals surface area (Å²) in [6.45, 7) is 2.22. The van der Waals surface area contributed by atoms with Crippen molar-refractivity contribution in [2.75, 3.05) is 11.9 Å². The van der Waals surface area contributed by atoms with Crippen molar-refractivity contribution < 1.29 is 13.2 Å². The van der Waals surface area contributed by atoms with Gasteiger partial charge in [0, 0.05) is 24.7 Å². The summed E-state index contributed by atoms with van der Waals surface area (Å²) in [5, 5.41) is 2.92. The molecule has 0 radical (unpaired) electrons. The van der Waals surface area contributed by atoms with Gasteiger partial charge in [0.05, 0.1) is 5.56 Å². The second-order valence-electron chi connectivity index (χ2n) is 4.84. The van der Waals surface area contributed by atoms with Crippen molar-refractivity contribution in [1.29, 1.82) is 0 Å². The molecule has 0 bridgehead atoms. The van der Waals surface area contributed by atoms with E-state index in [-0.39, 0.29) is 12.1 Å². The van der Waals surface area contributed by atoms with Gasteiger partial charge in [-0.25, -0.2) is 9.97 Å². The second-order valence-corrected chi connectivity index (χ2v) is 4.84. The monoisotopic (exact) mass is 310 g/mol. The number of aromatic nitrogens is 2. The molecule has 0 aliphatic carbocycles. The molecule has 2 aromatic rings. The predicted molar refractivity (Wildman–Crippen MR) is 78.3 cm³/mol. The third kappa shape index (κ3) is 4.17. The Hall–Kier alpha value is -2.15. The number of hydrogen-bond donors (Lipinski definition) is 2. The zero-order valence-electron chi connectivity index (χ0n) is 12.1. The van der Waals surface area contributed by atoms with Crippen LogP contribution in [0, 0.1) is 6.92 Å². The predicted octanol–water partition coefficient (Wildman–Crippen LogP) is 2.92. The summed E-state index contributed by atoms with van der Waals surface area (Å²) in [5.74, 6) is 1.05. The molecule has 7 heteroatoms.